The van der Waals surface area contributed by atoms with E-state index in [9.17, 15) is 4.79 Å². The minimum Gasteiger partial charge on any atom is -0.461 e. The van der Waals surface area contributed by atoms with E-state index in [1.165, 1.54) is 22.9 Å². The molecule has 0 spiro atoms. The molecule has 5 rings (SSSR count). The number of allylic oxidation sites excluding steroid dienone is 1. The first-order chi connectivity index (χ1) is 17.7. The number of thioether (sulfide) groups is 1. The third-order valence-electron chi connectivity index (χ3n) is 6.36. The number of amides is 1. The summed E-state index contributed by atoms with van der Waals surface area (Å²) >= 11 is 1.40. The van der Waals surface area contributed by atoms with Gasteiger partial charge < -0.3 is 9.32 Å². The van der Waals surface area contributed by atoms with Gasteiger partial charge in [0.25, 0.3) is 0 Å². The van der Waals surface area contributed by atoms with Crippen molar-refractivity contribution in [3.05, 3.63) is 103 Å². The van der Waals surface area contributed by atoms with Gasteiger partial charge in [0, 0.05) is 32.7 Å². The van der Waals surface area contributed by atoms with Crippen LogP contribution in [0.4, 0.5) is 0 Å². The zero-order valence-electron chi connectivity index (χ0n) is 20.1. The largest absolute Gasteiger partial charge is 0.461 e. The fourth-order valence-electron chi connectivity index (χ4n) is 4.61. The molecule has 0 aliphatic carbocycles. The van der Waals surface area contributed by atoms with E-state index in [1.54, 1.807) is 12.3 Å². The monoisotopic (exact) mass is 499 g/mol. The average Bonchev–Trinajstić information content (AvgIpc) is 3.60. The number of carbonyl (C=O) groups is 1. The number of furan rings is 1. The Bertz CT molecular complexity index is 1230. The normalized spacial score (nSPS) is 14.3. The van der Waals surface area contributed by atoms with Crippen LogP contribution in [0.3, 0.4) is 0 Å². The van der Waals surface area contributed by atoms with E-state index in [0.717, 1.165) is 13.1 Å². The van der Waals surface area contributed by atoms with Crippen molar-refractivity contribution in [2.45, 2.75) is 17.7 Å². The van der Waals surface area contributed by atoms with Gasteiger partial charge in [0.1, 0.15) is 0 Å². The quantitative estimate of drug-likeness (QED) is 0.245. The molecule has 7 nitrogen and oxygen atoms in total. The molecule has 2 aromatic carbocycles. The van der Waals surface area contributed by atoms with Gasteiger partial charge in [-0.2, -0.15) is 0 Å². The highest BCUT2D eigenvalue weighted by molar-refractivity contribution is 7.99. The maximum absolute atomic E-state index is 13.1. The number of rotatable bonds is 9. The van der Waals surface area contributed by atoms with Crippen LogP contribution < -0.4 is 0 Å². The molecule has 0 radical (unpaired) electrons. The summed E-state index contributed by atoms with van der Waals surface area (Å²) in [7, 11) is 0. The first-order valence-electron chi connectivity index (χ1n) is 12.1. The minimum absolute atomic E-state index is 0.114. The predicted molar refractivity (Wildman–Crippen MR) is 142 cm³/mol. The first-order valence-corrected chi connectivity index (χ1v) is 13.1. The van der Waals surface area contributed by atoms with Crippen molar-refractivity contribution in [3.8, 4) is 11.6 Å². The molecule has 0 atom stereocenters. The van der Waals surface area contributed by atoms with Crippen LogP contribution in [0, 0.1) is 0 Å². The van der Waals surface area contributed by atoms with Crippen LogP contribution in [0.1, 0.15) is 17.2 Å². The summed E-state index contributed by atoms with van der Waals surface area (Å²) in [5.74, 6) is 1.71. The van der Waals surface area contributed by atoms with Gasteiger partial charge in [-0.05, 0) is 23.3 Å². The van der Waals surface area contributed by atoms with E-state index in [4.69, 9.17) is 4.42 Å². The Morgan fingerprint density at radius 3 is 2.19 bits per heavy atom. The SMILES string of the molecule is C=CCn1c(SCC(=O)N2CCN(C(c3ccccc3)c3ccccc3)CC2)nnc1-c1ccco1. The van der Waals surface area contributed by atoms with Gasteiger partial charge in [-0.3, -0.25) is 14.3 Å². The van der Waals surface area contributed by atoms with Crippen molar-refractivity contribution >= 4 is 17.7 Å². The topological polar surface area (TPSA) is 67.4 Å². The van der Waals surface area contributed by atoms with Crippen LogP contribution >= 0.6 is 11.8 Å². The Morgan fingerprint density at radius 2 is 1.61 bits per heavy atom. The maximum Gasteiger partial charge on any atom is 0.233 e. The molecule has 0 N–H and O–H groups in total. The molecule has 0 bridgehead atoms. The molecule has 1 saturated heterocycles. The van der Waals surface area contributed by atoms with E-state index < -0.39 is 0 Å². The molecule has 3 heterocycles. The fourth-order valence-corrected chi connectivity index (χ4v) is 5.46. The van der Waals surface area contributed by atoms with E-state index in [1.807, 2.05) is 33.7 Å². The predicted octanol–water partition coefficient (Wildman–Crippen LogP) is 4.75. The van der Waals surface area contributed by atoms with Gasteiger partial charge in [0.15, 0.2) is 10.9 Å². The third-order valence-corrected chi connectivity index (χ3v) is 7.31. The highest BCUT2D eigenvalue weighted by Gasteiger charge is 2.28. The standard InChI is InChI=1S/C28H29N5O2S/c1-2-15-33-27(24-14-9-20-35-24)29-30-28(33)36-21-25(34)31-16-18-32(19-17-31)26(22-10-5-3-6-11-22)23-12-7-4-8-13-23/h2-14,20,26H,1,15-19,21H2. The van der Waals surface area contributed by atoms with E-state index >= 15 is 0 Å². The lowest BCUT2D eigenvalue weighted by molar-refractivity contribution is -0.130. The summed E-state index contributed by atoms with van der Waals surface area (Å²) in [6.07, 6.45) is 3.40. The summed E-state index contributed by atoms with van der Waals surface area (Å²) in [4.78, 5) is 17.5. The second-order valence-corrected chi connectivity index (χ2v) is 9.55. The third kappa shape index (κ3) is 5.29. The zero-order valence-corrected chi connectivity index (χ0v) is 20.9. The number of nitrogens with zero attached hydrogens (tertiary/aromatic N) is 5. The Kier molecular flexibility index (Phi) is 7.64. The maximum atomic E-state index is 13.1. The smallest absolute Gasteiger partial charge is 0.233 e. The number of hydrogen-bond acceptors (Lipinski definition) is 6. The summed E-state index contributed by atoms with van der Waals surface area (Å²) in [5, 5.41) is 9.26. The molecule has 2 aromatic heterocycles. The highest BCUT2D eigenvalue weighted by atomic mass is 32.2. The Hall–Kier alpha value is -3.62. The number of piperazine rings is 1. The second-order valence-electron chi connectivity index (χ2n) is 8.61. The van der Waals surface area contributed by atoms with Crippen LogP contribution in [0.2, 0.25) is 0 Å². The first kappa shape index (κ1) is 24.1. The molecule has 1 amide bonds. The minimum atomic E-state index is 0.114. The van der Waals surface area contributed by atoms with Gasteiger partial charge in [0.05, 0.1) is 18.1 Å². The molecule has 36 heavy (non-hydrogen) atoms. The van der Waals surface area contributed by atoms with Gasteiger partial charge in [-0.1, -0.05) is 78.5 Å². The molecule has 4 aromatic rings. The van der Waals surface area contributed by atoms with Gasteiger partial charge in [-0.25, -0.2) is 0 Å². The van der Waals surface area contributed by atoms with Gasteiger partial charge in [0.2, 0.25) is 11.7 Å². The molecule has 1 aliphatic heterocycles. The number of aromatic nitrogens is 3. The molecule has 0 unspecified atom stereocenters. The molecule has 1 fully saturated rings. The Labute approximate surface area is 215 Å². The van der Waals surface area contributed by atoms with Crippen molar-refractivity contribution in [3.63, 3.8) is 0 Å². The average molecular weight is 500 g/mol. The number of hydrogen-bond donors (Lipinski definition) is 0. The second kappa shape index (κ2) is 11.4. The van der Waals surface area contributed by atoms with Crippen molar-refractivity contribution in [1.82, 2.24) is 24.6 Å². The lowest BCUT2D eigenvalue weighted by atomic mass is 9.96. The Morgan fingerprint density at radius 1 is 0.944 bits per heavy atom. The fraction of sp³-hybridized carbons (Fsp3) is 0.250. The number of carbonyl (C=O) groups excluding carboxylic acids is 1. The Balaban J connectivity index is 1.22. The summed E-state index contributed by atoms with van der Waals surface area (Å²) in [6.45, 7) is 7.42. The number of benzene rings is 2. The summed E-state index contributed by atoms with van der Waals surface area (Å²) in [6, 6.07) is 25.0. The van der Waals surface area contributed by atoms with E-state index in [-0.39, 0.29) is 11.9 Å². The van der Waals surface area contributed by atoms with Crippen LogP contribution in [0.25, 0.3) is 11.6 Å². The van der Waals surface area contributed by atoms with Crippen LogP contribution in [-0.2, 0) is 11.3 Å². The molecule has 0 saturated carbocycles. The van der Waals surface area contributed by atoms with Crippen LogP contribution in [0.15, 0.2) is 101 Å². The summed E-state index contributed by atoms with van der Waals surface area (Å²) < 4.78 is 7.41. The molecular weight excluding hydrogens is 470 g/mol. The lowest BCUT2D eigenvalue weighted by Gasteiger charge is -2.39. The molecule has 8 heteroatoms. The summed E-state index contributed by atoms with van der Waals surface area (Å²) in [5.41, 5.74) is 2.54. The zero-order chi connectivity index (χ0) is 24.7. The van der Waals surface area contributed by atoms with E-state index in [0.29, 0.717) is 42.1 Å². The molecule has 184 valence electrons. The van der Waals surface area contributed by atoms with Gasteiger partial charge in [-0.15, -0.1) is 16.8 Å². The lowest BCUT2D eigenvalue weighted by Crippen LogP contribution is -2.50. The van der Waals surface area contributed by atoms with Crippen molar-refractivity contribution in [2.75, 3.05) is 31.9 Å². The van der Waals surface area contributed by atoms with Crippen LogP contribution in [-0.4, -0.2) is 62.4 Å². The molecular formula is C28H29N5O2S. The molecule has 1 aliphatic rings. The highest BCUT2D eigenvalue weighted by Crippen LogP contribution is 2.30. The van der Waals surface area contributed by atoms with E-state index in [2.05, 4.69) is 70.2 Å². The van der Waals surface area contributed by atoms with Crippen molar-refractivity contribution < 1.29 is 9.21 Å². The van der Waals surface area contributed by atoms with Crippen molar-refractivity contribution in [1.29, 1.82) is 0 Å². The van der Waals surface area contributed by atoms with Crippen molar-refractivity contribution in [2.24, 2.45) is 0 Å². The van der Waals surface area contributed by atoms with Gasteiger partial charge >= 0.3 is 0 Å². The van der Waals surface area contributed by atoms with Crippen LogP contribution in [0.5, 0.6) is 0 Å².